The molecule has 0 saturated carbocycles. The van der Waals surface area contributed by atoms with Crippen LogP contribution in [0.2, 0.25) is 0 Å². The van der Waals surface area contributed by atoms with Gasteiger partial charge in [0.1, 0.15) is 11.5 Å². The molecular formula is C19H17N5O2S. The molecule has 7 nitrogen and oxygen atoms in total. The Kier molecular flexibility index (Phi) is 4.55. The Bertz CT molecular complexity index is 1160. The molecule has 1 aromatic carbocycles. The number of aromatic nitrogens is 4. The Morgan fingerprint density at radius 1 is 1.26 bits per heavy atom. The lowest BCUT2D eigenvalue weighted by Crippen LogP contribution is -2.26. The average molecular weight is 379 g/mol. The summed E-state index contributed by atoms with van der Waals surface area (Å²) in [6.45, 7) is 2.43. The van der Waals surface area contributed by atoms with Gasteiger partial charge in [-0.3, -0.25) is 9.59 Å². The van der Waals surface area contributed by atoms with Gasteiger partial charge in [-0.15, -0.1) is 11.3 Å². The van der Waals surface area contributed by atoms with Crippen molar-refractivity contribution in [3.8, 4) is 10.7 Å². The number of carbonyl (C=O) groups excluding carboxylic acids is 1. The Morgan fingerprint density at radius 3 is 2.93 bits per heavy atom. The maximum Gasteiger partial charge on any atom is 0.276 e. The van der Waals surface area contributed by atoms with Gasteiger partial charge >= 0.3 is 0 Å². The number of thiophene rings is 1. The van der Waals surface area contributed by atoms with Crippen LogP contribution in [0.4, 0.5) is 5.69 Å². The highest BCUT2D eigenvalue weighted by atomic mass is 32.1. The molecule has 3 heterocycles. The highest BCUT2D eigenvalue weighted by molar-refractivity contribution is 7.13. The van der Waals surface area contributed by atoms with E-state index in [0.717, 1.165) is 28.2 Å². The normalized spacial score (nSPS) is 11.0. The minimum absolute atomic E-state index is 0.201. The number of aromatic amines is 1. The largest absolute Gasteiger partial charge is 0.337 e. The van der Waals surface area contributed by atoms with Crippen molar-refractivity contribution in [2.45, 2.75) is 19.9 Å². The third-order valence-corrected chi connectivity index (χ3v) is 4.91. The molecule has 0 aliphatic heterocycles. The monoisotopic (exact) mass is 379 g/mol. The van der Waals surface area contributed by atoms with Crippen LogP contribution in [0.3, 0.4) is 0 Å². The van der Waals surface area contributed by atoms with E-state index in [0.29, 0.717) is 12.2 Å². The predicted molar refractivity (Wildman–Crippen MR) is 106 cm³/mol. The van der Waals surface area contributed by atoms with E-state index in [4.69, 9.17) is 0 Å². The van der Waals surface area contributed by atoms with E-state index in [1.54, 1.807) is 17.4 Å². The van der Waals surface area contributed by atoms with E-state index in [-0.39, 0.29) is 17.2 Å². The number of aryl methyl sites for hydroxylation is 1. The number of hydrogen-bond donors (Lipinski definition) is 2. The fourth-order valence-electron chi connectivity index (χ4n) is 2.75. The summed E-state index contributed by atoms with van der Waals surface area (Å²) in [5, 5.41) is 8.95. The molecule has 0 aliphatic carbocycles. The van der Waals surface area contributed by atoms with Crippen molar-refractivity contribution in [3.05, 3.63) is 63.9 Å². The van der Waals surface area contributed by atoms with Crippen LogP contribution in [0, 0.1) is 0 Å². The van der Waals surface area contributed by atoms with Gasteiger partial charge in [-0.1, -0.05) is 13.0 Å². The lowest BCUT2D eigenvalue weighted by Gasteiger charge is -2.07. The number of hydrogen-bond acceptors (Lipinski definition) is 5. The lowest BCUT2D eigenvalue weighted by atomic mass is 10.2. The summed E-state index contributed by atoms with van der Waals surface area (Å²) in [5.41, 5.74) is 2.27. The van der Waals surface area contributed by atoms with Crippen LogP contribution in [0.25, 0.3) is 21.7 Å². The molecule has 0 aliphatic rings. The fourth-order valence-corrected chi connectivity index (χ4v) is 3.42. The van der Waals surface area contributed by atoms with Gasteiger partial charge in [0.25, 0.3) is 11.5 Å². The van der Waals surface area contributed by atoms with E-state index in [1.807, 2.05) is 36.6 Å². The molecule has 0 bridgehead atoms. The van der Waals surface area contributed by atoms with Crippen molar-refractivity contribution < 1.29 is 4.79 Å². The molecule has 0 spiro atoms. The lowest BCUT2D eigenvalue weighted by molar-refractivity contribution is 0.102. The molecule has 4 rings (SSSR count). The number of benzene rings is 1. The zero-order valence-corrected chi connectivity index (χ0v) is 15.4. The Hall–Kier alpha value is -3.26. The SMILES string of the molecule is CCCn1nc(C(=O)Nc2ccc3nc(-c4cccs4)[nH]c3c2)ccc1=O. The second-order valence-corrected chi connectivity index (χ2v) is 6.98. The molecule has 2 N–H and O–H groups in total. The Morgan fingerprint density at radius 2 is 2.15 bits per heavy atom. The van der Waals surface area contributed by atoms with Gasteiger partial charge in [0, 0.05) is 18.3 Å². The fraction of sp³-hybridized carbons (Fsp3) is 0.158. The van der Waals surface area contributed by atoms with Crippen molar-refractivity contribution in [1.29, 1.82) is 0 Å². The van der Waals surface area contributed by atoms with Crippen LogP contribution in [0.15, 0.2) is 52.6 Å². The Balaban J connectivity index is 1.58. The topological polar surface area (TPSA) is 92.7 Å². The molecule has 3 aromatic heterocycles. The number of nitrogens with zero attached hydrogens (tertiary/aromatic N) is 3. The summed E-state index contributed by atoms with van der Waals surface area (Å²) in [7, 11) is 0. The van der Waals surface area contributed by atoms with Gasteiger partial charge in [-0.25, -0.2) is 9.67 Å². The first-order chi connectivity index (χ1) is 13.1. The first kappa shape index (κ1) is 17.2. The van der Waals surface area contributed by atoms with Crippen molar-refractivity contribution in [3.63, 3.8) is 0 Å². The van der Waals surface area contributed by atoms with Crippen molar-refractivity contribution in [2.75, 3.05) is 5.32 Å². The summed E-state index contributed by atoms with van der Waals surface area (Å²) >= 11 is 1.61. The first-order valence-corrected chi connectivity index (χ1v) is 9.45. The molecule has 0 radical (unpaired) electrons. The van der Waals surface area contributed by atoms with Gasteiger partial charge < -0.3 is 10.3 Å². The van der Waals surface area contributed by atoms with E-state index < -0.39 is 0 Å². The number of anilines is 1. The third kappa shape index (κ3) is 3.52. The second kappa shape index (κ2) is 7.16. The van der Waals surface area contributed by atoms with Crippen LogP contribution >= 0.6 is 11.3 Å². The minimum atomic E-state index is -0.364. The number of rotatable bonds is 5. The summed E-state index contributed by atoms with van der Waals surface area (Å²) < 4.78 is 1.31. The van der Waals surface area contributed by atoms with Crippen LogP contribution < -0.4 is 10.9 Å². The molecule has 0 unspecified atom stereocenters. The van der Waals surface area contributed by atoms with Gasteiger partial charge in [0.2, 0.25) is 0 Å². The highest BCUT2D eigenvalue weighted by Gasteiger charge is 2.12. The zero-order valence-electron chi connectivity index (χ0n) is 14.6. The van der Waals surface area contributed by atoms with Gasteiger partial charge in [-0.2, -0.15) is 5.10 Å². The number of nitrogens with one attached hydrogen (secondary N) is 2. The van der Waals surface area contributed by atoms with Crippen molar-refractivity contribution in [2.24, 2.45) is 0 Å². The standard InChI is InChI=1S/C19H17N5O2S/c1-2-9-24-17(25)8-7-14(23-24)19(26)20-12-5-6-13-15(11-12)22-18(21-13)16-4-3-10-27-16/h3-8,10-11H,2,9H2,1H3,(H,20,26)(H,21,22). The molecule has 0 saturated heterocycles. The van der Waals surface area contributed by atoms with Crippen molar-refractivity contribution in [1.82, 2.24) is 19.7 Å². The molecule has 0 atom stereocenters. The first-order valence-electron chi connectivity index (χ1n) is 8.57. The van der Waals surface area contributed by atoms with Crippen LogP contribution in [0.1, 0.15) is 23.8 Å². The number of imidazole rings is 1. The van der Waals surface area contributed by atoms with Gasteiger partial charge in [-0.05, 0) is 42.1 Å². The number of H-pyrrole nitrogens is 1. The summed E-state index contributed by atoms with van der Waals surface area (Å²) in [6, 6.07) is 12.3. The Labute approximate surface area is 158 Å². The van der Waals surface area contributed by atoms with Crippen molar-refractivity contribution >= 4 is 34.0 Å². The average Bonchev–Trinajstić information content (AvgIpc) is 3.32. The highest BCUT2D eigenvalue weighted by Crippen LogP contribution is 2.26. The summed E-state index contributed by atoms with van der Waals surface area (Å²) in [5.74, 6) is 0.439. The number of amides is 1. The van der Waals surface area contributed by atoms with Crippen LogP contribution in [-0.2, 0) is 6.54 Å². The van der Waals surface area contributed by atoms with E-state index >= 15 is 0 Å². The van der Waals surface area contributed by atoms with Gasteiger partial charge in [0.15, 0.2) is 0 Å². The van der Waals surface area contributed by atoms with E-state index in [1.165, 1.54) is 16.8 Å². The quantitative estimate of drug-likeness (QED) is 0.555. The molecule has 0 fully saturated rings. The molecule has 136 valence electrons. The minimum Gasteiger partial charge on any atom is -0.337 e. The second-order valence-electron chi connectivity index (χ2n) is 6.03. The summed E-state index contributed by atoms with van der Waals surface area (Å²) in [6.07, 6.45) is 0.765. The molecule has 8 heteroatoms. The molecular weight excluding hydrogens is 362 g/mol. The third-order valence-electron chi connectivity index (χ3n) is 4.03. The maximum atomic E-state index is 12.5. The predicted octanol–water partition coefficient (Wildman–Crippen LogP) is 3.51. The maximum absolute atomic E-state index is 12.5. The summed E-state index contributed by atoms with van der Waals surface area (Å²) in [4.78, 5) is 33.1. The molecule has 1 amide bonds. The zero-order chi connectivity index (χ0) is 18.8. The number of fused-ring (bicyclic) bond motifs is 1. The molecule has 4 aromatic rings. The van der Waals surface area contributed by atoms with Crippen LogP contribution in [-0.4, -0.2) is 25.7 Å². The van der Waals surface area contributed by atoms with Crippen LogP contribution in [0.5, 0.6) is 0 Å². The van der Waals surface area contributed by atoms with Gasteiger partial charge in [0.05, 0.1) is 15.9 Å². The molecule has 27 heavy (non-hydrogen) atoms. The van der Waals surface area contributed by atoms with E-state index in [9.17, 15) is 9.59 Å². The van der Waals surface area contributed by atoms with E-state index in [2.05, 4.69) is 20.4 Å². The number of carbonyl (C=O) groups is 1. The smallest absolute Gasteiger partial charge is 0.276 e.